The Morgan fingerprint density at radius 2 is 2.19 bits per heavy atom. The molecule has 0 spiro atoms. The van der Waals surface area contributed by atoms with Gasteiger partial charge in [-0.25, -0.2) is 14.6 Å². The van der Waals surface area contributed by atoms with Crippen LogP contribution in [0.15, 0.2) is 18.7 Å². The molecule has 1 amide bonds. The highest BCUT2D eigenvalue weighted by atomic mass is 16.2. The second kappa shape index (κ2) is 5.59. The van der Waals surface area contributed by atoms with E-state index in [2.05, 4.69) is 25.4 Å². The number of rotatable bonds is 5. The highest BCUT2D eigenvalue weighted by Crippen LogP contribution is 2.40. The fourth-order valence-electron chi connectivity index (χ4n) is 2.31. The number of nitrogens with one attached hydrogen (secondary N) is 1. The molecule has 1 unspecified atom stereocenters. The van der Waals surface area contributed by atoms with Crippen LogP contribution >= 0.6 is 0 Å². The van der Waals surface area contributed by atoms with E-state index in [9.17, 15) is 4.79 Å². The van der Waals surface area contributed by atoms with Gasteiger partial charge in [-0.2, -0.15) is 5.10 Å². The lowest BCUT2D eigenvalue weighted by atomic mass is 10.1. The Hall–Kier alpha value is -2.31. The lowest BCUT2D eigenvalue weighted by Crippen LogP contribution is -2.32. The molecule has 2 heterocycles. The van der Waals surface area contributed by atoms with E-state index in [1.165, 1.54) is 12.5 Å². The van der Waals surface area contributed by atoms with Crippen molar-refractivity contribution in [2.75, 3.05) is 0 Å². The minimum Gasteiger partial charge on any atom is -0.340 e. The van der Waals surface area contributed by atoms with Crippen molar-refractivity contribution in [1.29, 1.82) is 0 Å². The standard InChI is InChI=1S/C14H18N6O/c1-3-20-13(17-8-18-20)12(10-4-5-10)19-14(21)11-7-15-9(2)6-16-11/h6-8,10,12H,3-5H2,1-2H3,(H,19,21). The van der Waals surface area contributed by atoms with Gasteiger partial charge in [0.05, 0.1) is 17.9 Å². The van der Waals surface area contributed by atoms with Gasteiger partial charge in [0.2, 0.25) is 0 Å². The number of nitrogens with zero attached hydrogens (tertiary/aromatic N) is 5. The van der Waals surface area contributed by atoms with Crippen molar-refractivity contribution in [2.45, 2.75) is 39.3 Å². The molecule has 110 valence electrons. The van der Waals surface area contributed by atoms with Crippen LogP contribution in [0, 0.1) is 12.8 Å². The highest BCUT2D eigenvalue weighted by Gasteiger charge is 2.36. The van der Waals surface area contributed by atoms with Crippen LogP contribution < -0.4 is 5.32 Å². The summed E-state index contributed by atoms with van der Waals surface area (Å²) in [6.45, 7) is 4.58. The molecular formula is C14H18N6O. The molecule has 7 nitrogen and oxygen atoms in total. The summed E-state index contributed by atoms with van der Waals surface area (Å²) in [5, 5.41) is 7.21. The Bertz CT molecular complexity index is 631. The predicted octanol–water partition coefficient (Wildman–Crippen LogP) is 1.28. The molecule has 1 atom stereocenters. The highest BCUT2D eigenvalue weighted by molar-refractivity contribution is 5.92. The number of aromatic nitrogens is 5. The van der Waals surface area contributed by atoms with Gasteiger partial charge in [0.25, 0.3) is 5.91 Å². The number of carbonyl (C=O) groups excluding carboxylic acids is 1. The summed E-state index contributed by atoms with van der Waals surface area (Å²) in [5.74, 6) is 1.03. The lowest BCUT2D eigenvalue weighted by molar-refractivity contribution is 0.0923. The van der Waals surface area contributed by atoms with Gasteiger partial charge in [-0.05, 0) is 32.6 Å². The van der Waals surface area contributed by atoms with Crippen LogP contribution in [-0.4, -0.2) is 30.6 Å². The van der Waals surface area contributed by atoms with E-state index in [1.54, 1.807) is 6.20 Å². The van der Waals surface area contributed by atoms with Gasteiger partial charge >= 0.3 is 0 Å². The summed E-state index contributed by atoms with van der Waals surface area (Å²) < 4.78 is 1.82. The summed E-state index contributed by atoms with van der Waals surface area (Å²) in [6, 6.07) is -0.108. The Morgan fingerprint density at radius 1 is 1.38 bits per heavy atom. The molecule has 0 aliphatic heterocycles. The largest absolute Gasteiger partial charge is 0.340 e. The van der Waals surface area contributed by atoms with Crippen LogP contribution in [0.25, 0.3) is 0 Å². The van der Waals surface area contributed by atoms with E-state index < -0.39 is 0 Å². The molecule has 0 saturated heterocycles. The number of amides is 1. The minimum absolute atomic E-state index is 0.108. The van der Waals surface area contributed by atoms with Gasteiger partial charge in [0.1, 0.15) is 17.8 Å². The maximum atomic E-state index is 12.3. The SMILES string of the molecule is CCn1ncnc1C(NC(=O)c1cnc(C)cn1)C1CC1. The number of aryl methyl sites for hydroxylation is 2. The molecule has 21 heavy (non-hydrogen) atoms. The molecule has 0 radical (unpaired) electrons. The summed E-state index contributed by atoms with van der Waals surface area (Å²) in [5.41, 5.74) is 1.12. The molecule has 1 aliphatic carbocycles. The monoisotopic (exact) mass is 286 g/mol. The smallest absolute Gasteiger partial charge is 0.272 e. The van der Waals surface area contributed by atoms with Crippen molar-refractivity contribution in [3.63, 3.8) is 0 Å². The van der Waals surface area contributed by atoms with E-state index in [0.29, 0.717) is 11.6 Å². The van der Waals surface area contributed by atoms with E-state index in [1.807, 2.05) is 18.5 Å². The van der Waals surface area contributed by atoms with Crippen molar-refractivity contribution in [3.8, 4) is 0 Å². The summed E-state index contributed by atoms with van der Waals surface area (Å²) in [6.07, 6.45) is 6.82. The van der Waals surface area contributed by atoms with Crippen molar-refractivity contribution in [1.82, 2.24) is 30.0 Å². The van der Waals surface area contributed by atoms with Crippen LogP contribution in [0.3, 0.4) is 0 Å². The second-order valence-electron chi connectivity index (χ2n) is 5.27. The molecule has 1 fully saturated rings. The van der Waals surface area contributed by atoms with Crippen molar-refractivity contribution < 1.29 is 4.79 Å². The van der Waals surface area contributed by atoms with Gasteiger partial charge in [-0.3, -0.25) is 9.78 Å². The van der Waals surface area contributed by atoms with Crippen molar-refractivity contribution in [3.05, 3.63) is 35.9 Å². The fourth-order valence-corrected chi connectivity index (χ4v) is 2.31. The normalized spacial score (nSPS) is 15.7. The lowest BCUT2D eigenvalue weighted by Gasteiger charge is -2.17. The summed E-state index contributed by atoms with van der Waals surface area (Å²) in [4.78, 5) is 24.9. The van der Waals surface area contributed by atoms with E-state index in [0.717, 1.165) is 30.9 Å². The second-order valence-corrected chi connectivity index (χ2v) is 5.27. The molecule has 2 aromatic rings. The third-order valence-corrected chi connectivity index (χ3v) is 3.62. The zero-order valence-corrected chi connectivity index (χ0v) is 12.2. The van der Waals surface area contributed by atoms with Crippen LogP contribution in [-0.2, 0) is 6.54 Å². The molecule has 2 aromatic heterocycles. The Labute approximate surface area is 122 Å². The zero-order chi connectivity index (χ0) is 14.8. The number of carbonyl (C=O) groups is 1. The van der Waals surface area contributed by atoms with Gasteiger partial charge in [0, 0.05) is 12.7 Å². The first-order valence-electron chi connectivity index (χ1n) is 7.16. The van der Waals surface area contributed by atoms with Gasteiger partial charge < -0.3 is 5.32 Å². The molecular weight excluding hydrogens is 268 g/mol. The first-order valence-corrected chi connectivity index (χ1v) is 7.16. The average Bonchev–Trinajstić information content (AvgIpc) is 3.22. The van der Waals surface area contributed by atoms with E-state index in [-0.39, 0.29) is 11.9 Å². The first kappa shape index (κ1) is 13.7. The van der Waals surface area contributed by atoms with E-state index in [4.69, 9.17) is 0 Å². The molecule has 7 heteroatoms. The molecule has 3 rings (SSSR count). The average molecular weight is 286 g/mol. The van der Waals surface area contributed by atoms with Gasteiger partial charge in [-0.1, -0.05) is 0 Å². The fraction of sp³-hybridized carbons (Fsp3) is 0.500. The Morgan fingerprint density at radius 3 is 2.81 bits per heavy atom. The van der Waals surface area contributed by atoms with Crippen molar-refractivity contribution in [2.24, 2.45) is 5.92 Å². The Kier molecular flexibility index (Phi) is 3.64. The summed E-state index contributed by atoms with van der Waals surface area (Å²) in [7, 11) is 0. The van der Waals surface area contributed by atoms with Crippen molar-refractivity contribution >= 4 is 5.91 Å². The third-order valence-electron chi connectivity index (χ3n) is 3.62. The molecule has 0 bridgehead atoms. The predicted molar refractivity (Wildman–Crippen MR) is 75.4 cm³/mol. The summed E-state index contributed by atoms with van der Waals surface area (Å²) >= 11 is 0. The van der Waals surface area contributed by atoms with Gasteiger partial charge in [-0.15, -0.1) is 0 Å². The van der Waals surface area contributed by atoms with Gasteiger partial charge in [0.15, 0.2) is 0 Å². The number of hydrogen-bond acceptors (Lipinski definition) is 5. The third kappa shape index (κ3) is 2.91. The zero-order valence-electron chi connectivity index (χ0n) is 12.2. The van der Waals surface area contributed by atoms with Crippen LogP contribution in [0.5, 0.6) is 0 Å². The van der Waals surface area contributed by atoms with Crippen LogP contribution in [0.2, 0.25) is 0 Å². The maximum absolute atomic E-state index is 12.3. The minimum atomic E-state index is -0.218. The van der Waals surface area contributed by atoms with Crippen LogP contribution in [0.4, 0.5) is 0 Å². The molecule has 1 aliphatic rings. The van der Waals surface area contributed by atoms with Crippen LogP contribution in [0.1, 0.15) is 47.8 Å². The van der Waals surface area contributed by atoms with E-state index >= 15 is 0 Å². The maximum Gasteiger partial charge on any atom is 0.272 e. The topological polar surface area (TPSA) is 85.6 Å². The molecule has 1 saturated carbocycles. The quantitative estimate of drug-likeness (QED) is 0.894. The molecule has 0 aromatic carbocycles. The Balaban J connectivity index is 1.79. The number of hydrogen-bond donors (Lipinski definition) is 1. The molecule has 1 N–H and O–H groups in total. The first-order chi connectivity index (χ1) is 10.2.